The van der Waals surface area contributed by atoms with Crippen LogP contribution in [0.3, 0.4) is 0 Å². The summed E-state index contributed by atoms with van der Waals surface area (Å²) in [5.74, 6) is -0.0267. The Morgan fingerprint density at radius 2 is 1.94 bits per heavy atom. The molecule has 1 amide bonds. The molecule has 7 heteroatoms. The summed E-state index contributed by atoms with van der Waals surface area (Å²) in [6.45, 7) is 0. The topological polar surface area (TPSA) is 37.3 Å². The lowest BCUT2D eigenvalue weighted by Crippen LogP contribution is -2.40. The zero-order chi connectivity index (χ0) is 21.4. The molecule has 1 N–H and O–H groups in total. The maximum atomic E-state index is 13.5. The highest BCUT2D eigenvalue weighted by atomic mass is 32.2. The number of hydrogen-bond donors (Lipinski definition) is 1. The monoisotopic (exact) mass is 449 g/mol. The molecule has 0 saturated carbocycles. The second kappa shape index (κ2) is 8.24. The van der Waals surface area contributed by atoms with Gasteiger partial charge in [-0.2, -0.15) is 0 Å². The summed E-state index contributed by atoms with van der Waals surface area (Å²) < 4.78 is 15.5. The predicted molar refractivity (Wildman–Crippen MR) is 125 cm³/mol. The van der Waals surface area contributed by atoms with E-state index in [4.69, 9.17) is 0 Å². The van der Waals surface area contributed by atoms with Crippen LogP contribution < -0.4 is 5.43 Å². The summed E-state index contributed by atoms with van der Waals surface area (Å²) in [7, 11) is 2.01. The van der Waals surface area contributed by atoms with Gasteiger partial charge >= 0.3 is 0 Å². The minimum absolute atomic E-state index is 0.0323. The van der Waals surface area contributed by atoms with Gasteiger partial charge in [-0.3, -0.25) is 10.2 Å². The van der Waals surface area contributed by atoms with Crippen LogP contribution in [0, 0.1) is 5.82 Å². The maximum absolute atomic E-state index is 13.5. The summed E-state index contributed by atoms with van der Waals surface area (Å²) >= 11 is 3.14. The average Bonchev–Trinajstić information content (AvgIpc) is 3.52. The maximum Gasteiger partial charge on any atom is 0.252 e. The molecule has 0 fully saturated rings. The molecule has 156 valence electrons. The number of amides is 1. The number of fused-ring (bicyclic) bond motifs is 1. The van der Waals surface area contributed by atoms with Crippen LogP contribution in [0.4, 0.5) is 4.39 Å². The van der Waals surface area contributed by atoms with E-state index < -0.39 is 0 Å². The number of nitrogens with zero attached hydrogens (tertiary/aromatic N) is 2. The zero-order valence-corrected chi connectivity index (χ0v) is 18.4. The number of aromatic nitrogens is 1. The Morgan fingerprint density at radius 3 is 2.71 bits per heavy atom. The van der Waals surface area contributed by atoms with Crippen LogP contribution in [0.5, 0.6) is 0 Å². The third-order valence-electron chi connectivity index (χ3n) is 5.32. The lowest BCUT2D eigenvalue weighted by molar-refractivity contribution is -0.131. The fourth-order valence-electron chi connectivity index (χ4n) is 3.79. The molecule has 4 nitrogen and oxygen atoms in total. The largest absolute Gasteiger partial charge is 0.349 e. The molecule has 31 heavy (non-hydrogen) atoms. The third kappa shape index (κ3) is 3.86. The summed E-state index contributed by atoms with van der Waals surface area (Å²) in [5.41, 5.74) is 6.18. The molecule has 1 aliphatic rings. The Labute approximate surface area is 188 Å². The van der Waals surface area contributed by atoms with E-state index in [1.165, 1.54) is 23.9 Å². The summed E-state index contributed by atoms with van der Waals surface area (Å²) in [6.07, 6.45) is 4.09. The molecule has 1 aliphatic heterocycles. The Hall–Kier alpha value is -3.03. The van der Waals surface area contributed by atoms with Gasteiger partial charge in [0.1, 0.15) is 5.82 Å². The molecule has 2 aromatic carbocycles. The van der Waals surface area contributed by atoms with Crippen LogP contribution >= 0.6 is 23.1 Å². The van der Waals surface area contributed by atoms with Crippen molar-refractivity contribution < 1.29 is 9.18 Å². The first-order chi connectivity index (χ1) is 15.1. The second-order valence-corrected chi connectivity index (χ2v) is 9.30. The van der Waals surface area contributed by atoms with Crippen molar-refractivity contribution in [3.05, 3.63) is 94.6 Å². The predicted octanol–water partition coefficient (Wildman–Crippen LogP) is 5.60. The molecular weight excluding hydrogens is 429 g/mol. The van der Waals surface area contributed by atoms with Gasteiger partial charge in [0.25, 0.3) is 5.91 Å². The van der Waals surface area contributed by atoms with Gasteiger partial charge in [-0.25, -0.2) is 9.40 Å². The summed E-state index contributed by atoms with van der Waals surface area (Å²) in [4.78, 5) is 15.4. The van der Waals surface area contributed by atoms with Gasteiger partial charge < -0.3 is 4.57 Å². The number of hydrogen-bond acceptors (Lipinski definition) is 4. The number of thiophene rings is 1. The molecule has 5 rings (SSSR count). The number of halogens is 1. The van der Waals surface area contributed by atoms with Gasteiger partial charge in [0, 0.05) is 29.0 Å². The number of carbonyl (C=O) groups excluding carboxylic acids is 1. The highest BCUT2D eigenvalue weighted by Crippen LogP contribution is 2.35. The molecule has 0 saturated heterocycles. The summed E-state index contributed by atoms with van der Waals surface area (Å²) in [6, 6.07) is 18.2. The number of rotatable bonds is 5. The van der Waals surface area contributed by atoms with Crippen molar-refractivity contribution in [2.24, 2.45) is 7.05 Å². The lowest BCUT2D eigenvalue weighted by atomic mass is 10.1. The molecule has 0 bridgehead atoms. The molecule has 0 spiro atoms. The van der Waals surface area contributed by atoms with Crippen molar-refractivity contribution in [2.75, 3.05) is 5.75 Å². The first kappa shape index (κ1) is 19.9. The normalized spacial score (nSPS) is 15.9. The van der Waals surface area contributed by atoms with Gasteiger partial charge in [-0.15, -0.1) is 23.1 Å². The molecule has 1 atom stereocenters. The van der Waals surface area contributed by atoms with Crippen molar-refractivity contribution in [3.8, 4) is 0 Å². The van der Waals surface area contributed by atoms with E-state index in [1.54, 1.807) is 28.5 Å². The SMILES string of the molecule is Cn1cc(SCC(=O)N2NC(c3cccs3)=CC2c2ccc(F)cc2)c2ccccc21. The first-order valence-electron chi connectivity index (χ1n) is 9.87. The number of aryl methyl sites for hydroxylation is 1. The van der Waals surface area contributed by atoms with Crippen molar-refractivity contribution in [1.82, 2.24) is 15.0 Å². The van der Waals surface area contributed by atoms with Crippen LogP contribution in [0.2, 0.25) is 0 Å². The number of benzene rings is 2. The Bertz CT molecular complexity index is 1260. The zero-order valence-electron chi connectivity index (χ0n) is 16.8. The lowest BCUT2D eigenvalue weighted by Gasteiger charge is -2.25. The molecule has 1 unspecified atom stereocenters. The van der Waals surface area contributed by atoms with E-state index in [9.17, 15) is 9.18 Å². The Balaban J connectivity index is 1.39. The minimum atomic E-state index is -0.293. The van der Waals surface area contributed by atoms with Gasteiger partial charge in [-0.1, -0.05) is 36.4 Å². The quantitative estimate of drug-likeness (QED) is 0.403. The summed E-state index contributed by atoms with van der Waals surface area (Å²) in [5, 5.41) is 4.80. The minimum Gasteiger partial charge on any atom is -0.349 e. The van der Waals surface area contributed by atoms with Gasteiger partial charge in [0.15, 0.2) is 0 Å². The highest BCUT2D eigenvalue weighted by molar-refractivity contribution is 8.00. The van der Waals surface area contributed by atoms with Crippen molar-refractivity contribution >= 4 is 45.6 Å². The molecule has 3 heterocycles. The number of para-hydroxylation sites is 1. The average molecular weight is 450 g/mol. The van der Waals surface area contributed by atoms with Gasteiger partial charge in [0.05, 0.1) is 22.4 Å². The molecular formula is C24H20FN3OS2. The van der Waals surface area contributed by atoms with E-state index in [-0.39, 0.29) is 17.8 Å². The van der Waals surface area contributed by atoms with E-state index >= 15 is 0 Å². The first-order valence-corrected chi connectivity index (χ1v) is 11.7. The number of carbonyl (C=O) groups is 1. The van der Waals surface area contributed by atoms with Crippen LogP contribution in [0.15, 0.2) is 83.2 Å². The van der Waals surface area contributed by atoms with Crippen LogP contribution in [-0.2, 0) is 11.8 Å². The van der Waals surface area contributed by atoms with Crippen molar-refractivity contribution in [1.29, 1.82) is 0 Å². The van der Waals surface area contributed by atoms with Crippen LogP contribution in [0.25, 0.3) is 16.6 Å². The van der Waals surface area contributed by atoms with Crippen LogP contribution in [-0.4, -0.2) is 21.2 Å². The van der Waals surface area contributed by atoms with Crippen molar-refractivity contribution in [3.63, 3.8) is 0 Å². The fraction of sp³-hybridized carbons (Fsp3) is 0.125. The fourth-order valence-corrected chi connectivity index (χ4v) is 5.47. The van der Waals surface area contributed by atoms with E-state index in [2.05, 4.69) is 28.3 Å². The third-order valence-corrected chi connectivity index (χ3v) is 7.25. The van der Waals surface area contributed by atoms with Crippen molar-refractivity contribution in [2.45, 2.75) is 10.9 Å². The Kier molecular flexibility index (Phi) is 5.29. The molecule has 2 aromatic heterocycles. The molecule has 0 aliphatic carbocycles. The second-order valence-electron chi connectivity index (χ2n) is 7.34. The Morgan fingerprint density at radius 1 is 1.13 bits per heavy atom. The standard InChI is InChI=1S/C24H20FN3OS2/c1-27-14-23(18-5-2-3-6-20(18)27)31-15-24(29)28-21(16-8-10-17(25)11-9-16)13-19(26-28)22-7-4-12-30-22/h2-14,21,26H,15H2,1H3. The van der Waals surface area contributed by atoms with E-state index in [0.717, 1.165) is 31.9 Å². The molecule has 4 aromatic rings. The van der Waals surface area contributed by atoms with Gasteiger partial charge in [0.2, 0.25) is 0 Å². The van der Waals surface area contributed by atoms with E-state index in [0.29, 0.717) is 5.75 Å². The number of nitrogens with one attached hydrogen (secondary N) is 1. The molecule has 0 radical (unpaired) electrons. The van der Waals surface area contributed by atoms with Crippen LogP contribution in [0.1, 0.15) is 16.5 Å². The van der Waals surface area contributed by atoms with Gasteiger partial charge in [-0.05, 0) is 41.3 Å². The van der Waals surface area contributed by atoms with E-state index in [1.807, 2.05) is 42.8 Å². The number of thioether (sulfide) groups is 1. The number of hydrazine groups is 1. The smallest absolute Gasteiger partial charge is 0.252 e. The highest BCUT2D eigenvalue weighted by Gasteiger charge is 2.31.